The van der Waals surface area contributed by atoms with Crippen molar-refractivity contribution in [2.75, 3.05) is 6.54 Å². The molecule has 1 aromatic carbocycles. The Morgan fingerprint density at radius 3 is 2.38 bits per heavy atom. The molecule has 1 unspecified atom stereocenters. The van der Waals surface area contributed by atoms with E-state index in [2.05, 4.69) is 0 Å². The number of aliphatic hydroxyl groups is 1. The van der Waals surface area contributed by atoms with Gasteiger partial charge >= 0.3 is 0 Å². The van der Waals surface area contributed by atoms with Crippen LogP contribution in [0.3, 0.4) is 0 Å². The molecule has 0 aliphatic carbocycles. The molecule has 0 aliphatic heterocycles. The molecule has 5 N–H and O–H groups in total. The Morgan fingerprint density at radius 2 is 1.92 bits per heavy atom. The van der Waals surface area contributed by atoms with Gasteiger partial charge in [-0.15, -0.1) is 0 Å². The molecule has 0 heterocycles. The molecule has 0 saturated carbocycles. The van der Waals surface area contributed by atoms with Crippen molar-refractivity contribution in [2.45, 2.75) is 12.8 Å². The predicted octanol–water partition coefficient (Wildman–Crippen LogP) is -0.0627. The van der Waals surface area contributed by atoms with E-state index in [1.165, 1.54) is 0 Å². The minimum Gasteiger partial charge on any atom is -0.448 e. The number of ether oxygens (including phenoxy) is 1. The second kappa shape index (κ2) is 3.74. The fraction of sp³-hybridized carbons (Fsp3) is 0.333. The summed E-state index contributed by atoms with van der Waals surface area (Å²) in [4.78, 5) is 0. The van der Waals surface area contributed by atoms with Crippen molar-refractivity contribution in [1.82, 2.24) is 0 Å². The van der Waals surface area contributed by atoms with E-state index < -0.39 is 5.91 Å². The molecule has 0 saturated heterocycles. The monoisotopic (exact) mass is 182 g/mol. The average Bonchev–Trinajstić information content (AvgIpc) is 2.09. The molecular weight excluding hydrogens is 168 g/mol. The summed E-state index contributed by atoms with van der Waals surface area (Å²) in [6.07, 6.45) is 0. The SMILES string of the molecule is Cc1ccc(OC(N)(O)CN)cc1. The highest BCUT2D eigenvalue weighted by atomic mass is 16.6. The maximum Gasteiger partial charge on any atom is 0.278 e. The summed E-state index contributed by atoms with van der Waals surface area (Å²) in [5, 5.41) is 9.28. The van der Waals surface area contributed by atoms with Gasteiger partial charge in [0.1, 0.15) is 5.75 Å². The van der Waals surface area contributed by atoms with Gasteiger partial charge in [0.2, 0.25) is 0 Å². The highest BCUT2D eigenvalue weighted by Crippen LogP contribution is 2.14. The Balaban J connectivity index is 2.69. The standard InChI is InChI=1S/C9H14N2O2/c1-7-2-4-8(5-3-7)13-9(11,12)6-10/h2-5,12H,6,10-11H2,1H3. The van der Waals surface area contributed by atoms with Crippen LogP contribution in [0.5, 0.6) is 5.75 Å². The summed E-state index contributed by atoms with van der Waals surface area (Å²) in [6.45, 7) is 1.81. The highest BCUT2D eigenvalue weighted by molar-refractivity contribution is 5.26. The quantitative estimate of drug-likeness (QED) is 0.572. The molecule has 1 rings (SSSR count). The molecule has 0 aliphatic rings. The van der Waals surface area contributed by atoms with Crippen LogP contribution in [0.4, 0.5) is 0 Å². The second-order valence-electron chi connectivity index (χ2n) is 2.96. The molecule has 4 nitrogen and oxygen atoms in total. The molecule has 0 spiro atoms. The molecule has 1 atom stereocenters. The molecule has 0 aromatic heterocycles. The van der Waals surface area contributed by atoms with Gasteiger partial charge in [0.15, 0.2) is 0 Å². The molecule has 4 heteroatoms. The van der Waals surface area contributed by atoms with Crippen molar-refractivity contribution < 1.29 is 9.84 Å². The Morgan fingerprint density at radius 1 is 1.38 bits per heavy atom. The molecule has 72 valence electrons. The van der Waals surface area contributed by atoms with Gasteiger partial charge < -0.3 is 15.6 Å². The first-order valence-electron chi connectivity index (χ1n) is 4.00. The highest BCUT2D eigenvalue weighted by Gasteiger charge is 2.20. The van der Waals surface area contributed by atoms with Crippen LogP contribution in [-0.2, 0) is 0 Å². The molecular formula is C9H14N2O2. The first-order chi connectivity index (χ1) is 6.03. The zero-order chi connectivity index (χ0) is 9.90. The Labute approximate surface area is 77.1 Å². The first kappa shape index (κ1) is 9.98. The van der Waals surface area contributed by atoms with E-state index in [0.717, 1.165) is 5.56 Å². The fourth-order valence-electron chi connectivity index (χ4n) is 0.852. The van der Waals surface area contributed by atoms with Crippen molar-refractivity contribution in [3.63, 3.8) is 0 Å². The topological polar surface area (TPSA) is 81.5 Å². The summed E-state index contributed by atoms with van der Waals surface area (Å²) >= 11 is 0. The lowest BCUT2D eigenvalue weighted by atomic mass is 10.2. The summed E-state index contributed by atoms with van der Waals surface area (Å²) < 4.78 is 5.01. The zero-order valence-electron chi connectivity index (χ0n) is 7.53. The van der Waals surface area contributed by atoms with Crippen LogP contribution in [-0.4, -0.2) is 17.6 Å². The third-order valence-corrected chi connectivity index (χ3v) is 1.61. The van der Waals surface area contributed by atoms with Crippen molar-refractivity contribution in [3.8, 4) is 5.75 Å². The largest absolute Gasteiger partial charge is 0.448 e. The summed E-state index contributed by atoms with van der Waals surface area (Å²) in [5.41, 5.74) is 11.6. The van der Waals surface area contributed by atoms with Crippen LogP contribution < -0.4 is 16.2 Å². The minimum absolute atomic E-state index is 0.152. The van der Waals surface area contributed by atoms with Crippen LogP contribution in [0.25, 0.3) is 0 Å². The lowest BCUT2D eigenvalue weighted by molar-refractivity contribution is -0.123. The maximum atomic E-state index is 9.28. The first-order valence-corrected chi connectivity index (χ1v) is 4.00. The van der Waals surface area contributed by atoms with Crippen LogP contribution >= 0.6 is 0 Å². The summed E-state index contributed by atoms with van der Waals surface area (Å²) in [6, 6.07) is 7.18. The number of benzene rings is 1. The van der Waals surface area contributed by atoms with E-state index in [4.69, 9.17) is 16.2 Å². The van der Waals surface area contributed by atoms with Gasteiger partial charge in [-0.1, -0.05) is 17.7 Å². The summed E-state index contributed by atoms with van der Waals surface area (Å²) in [5.74, 6) is -1.28. The normalized spacial score (nSPS) is 15.1. The van der Waals surface area contributed by atoms with E-state index in [-0.39, 0.29) is 6.54 Å². The number of nitrogens with two attached hydrogens (primary N) is 2. The van der Waals surface area contributed by atoms with Gasteiger partial charge in [-0.2, -0.15) is 0 Å². The van der Waals surface area contributed by atoms with Gasteiger partial charge in [0.25, 0.3) is 5.91 Å². The van der Waals surface area contributed by atoms with E-state index >= 15 is 0 Å². The molecule has 13 heavy (non-hydrogen) atoms. The van der Waals surface area contributed by atoms with Crippen LogP contribution in [0.1, 0.15) is 5.56 Å². The van der Waals surface area contributed by atoms with E-state index in [0.29, 0.717) is 5.75 Å². The number of hydrogen-bond donors (Lipinski definition) is 3. The number of rotatable bonds is 3. The van der Waals surface area contributed by atoms with Crippen LogP contribution in [0.2, 0.25) is 0 Å². The Bertz CT molecular complexity index is 269. The number of aryl methyl sites for hydroxylation is 1. The second-order valence-corrected chi connectivity index (χ2v) is 2.96. The molecule has 0 fully saturated rings. The fourth-order valence-corrected chi connectivity index (χ4v) is 0.852. The number of hydrogen-bond acceptors (Lipinski definition) is 4. The molecule has 0 amide bonds. The lowest BCUT2D eigenvalue weighted by Crippen LogP contribution is -2.52. The average molecular weight is 182 g/mol. The van der Waals surface area contributed by atoms with Gasteiger partial charge in [-0.05, 0) is 19.1 Å². The lowest BCUT2D eigenvalue weighted by Gasteiger charge is -2.22. The molecule has 0 bridgehead atoms. The molecule has 0 radical (unpaired) electrons. The molecule has 1 aromatic rings. The van der Waals surface area contributed by atoms with Gasteiger partial charge in [-0.3, -0.25) is 5.73 Å². The third-order valence-electron chi connectivity index (χ3n) is 1.61. The van der Waals surface area contributed by atoms with Gasteiger partial charge in [0.05, 0.1) is 6.54 Å². The van der Waals surface area contributed by atoms with E-state index in [1.54, 1.807) is 12.1 Å². The predicted molar refractivity (Wildman–Crippen MR) is 50.0 cm³/mol. The van der Waals surface area contributed by atoms with Crippen molar-refractivity contribution in [3.05, 3.63) is 29.8 Å². The van der Waals surface area contributed by atoms with E-state index in [1.807, 2.05) is 19.1 Å². The van der Waals surface area contributed by atoms with E-state index in [9.17, 15) is 5.11 Å². The van der Waals surface area contributed by atoms with Gasteiger partial charge in [-0.25, -0.2) is 0 Å². The Hall–Kier alpha value is -1.10. The van der Waals surface area contributed by atoms with Crippen molar-refractivity contribution in [2.24, 2.45) is 11.5 Å². The zero-order valence-corrected chi connectivity index (χ0v) is 7.53. The van der Waals surface area contributed by atoms with Crippen LogP contribution in [0.15, 0.2) is 24.3 Å². The Kier molecular flexibility index (Phi) is 2.87. The van der Waals surface area contributed by atoms with Crippen LogP contribution in [0, 0.1) is 6.92 Å². The van der Waals surface area contributed by atoms with Gasteiger partial charge in [0, 0.05) is 0 Å². The van der Waals surface area contributed by atoms with Crippen molar-refractivity contribution in [1.29, 1.82) is 0 Å². The maximum absolute atomic E-state index is 9.28. The summed E-state index contributed by atoms with van der Waals surface area (Å²) in [7, 11) is 0. The van der Waals surface area contributed by atoms with Crippen molar-refractivity contribution >= 4 is 0 Å². The third kappa shape index (κ3) is 3.02. The minimum atomic E-state index is -1.78. The smallest absolute Gasteiger partial charge is 0.278 e.